The van der Waals surface area contributed by atoms with Gasteiger partial charge in [-0.2, -0.15) is 0 Å². The molecule has 3 nitrogen and oxygen atoms in total. The molecule has 0 fully saturated rings. The molecule has 4 heteroatoms. The van der Waals surface area contributed by atoms with Gasteiger partial charge in [0.25, 0.3) is 0 Å². The number of rotatable bonds is 1. The maximum atomic E-state index is 13.3. The van der Waals surface area contributed by atoms with E-state index in [4.69, 9.17) is 5.73 Å². The number of halogens is 1. The van der Waals surface area contributed by atoms with E-state index >= 15 is 0 Å². The number of aromatic nitrogens is 1. The number of nitrogens with zero attached hydrogens (tertiary/aromatic N) is 1. The quantitative estimate of drug-likeness (QED) is 0.754. The van der Waals surface area contributed by atoms with E-state index in [1.165, 1.54) is 12.1 Å². The lowest BCUT2D eigenvalue weighted by atomic mass is 10.1. The van der Waals surface area contributed by atoms with Gasteiger partial charge >= 0.3 is 0 Å². The first-order valence-corrected chi connectivity index (χ1v) is 4.15. The Balaban J connectivity index is 2.55. The molecule has 0 unspecified atom stereocenters. The lowest BCUT2D eigenvalue weighted by molar-refractivity contribution is 0.438. The summed E-state index contributed by atoms with van der Waals surface area (Å²) < 4.78 is 18.0. The van der Waals surface area contributed by atoms with Crippen molar-refractivity contribution in [3.05, 3.63) is 35.6 Å². The lowest BCUT2D eigenvalue weighted by Crippen LogP contribution is -1.85. The summed E-state index contributed by atoms with van der Waals surface area (Å²) in [4.78, 5) is 0. The van der Waals surface area contributed by atoms with Crippen LogP contribution in [0.15, 0.2) is 28.8 Å². The van der Waals surface area contributed by atoms with Crippen molar-refractivity contribution in [2.45, 2.75) is 6.92 Å². The molecule has 0 spiro atoms. The number of nitrogens with two attached hydrogens (primary N) is 1. The predicted octanol–water partition coefficient (Wildman–Crippen LogP) is 2.37. The summed E-state index contributed by atoms with van der Waals surface area (Å²) in [6.45, 7) is 1.88. The monoisotopic (exact) mass is 192 g/mol. The van der Waals surface area contributed by atoms with E-state index in [9.17, 15) is 4.39 Å². The predicted molar refractivity (Wildman–Crippen MR) is 51.0 cm³/mol. The zero-order chi connectivity index (χ0) is 10.1. The first-order chi connectivity index (χ1) is 6.66. The fourth-order valence-corrected chi connectivity index (χ4v) is 1.25. The lowest BCUT2D eigenvalue weighted by Gasteiger charge is -1.99. The molecular formula is C10H9FN2O. The zero-order valence-corrected chi connectivity index (χ0v) is 7.62. The van der Waals surface area contributed by atoms with E-state index in [1.54, 1.807) is 12.1 Å². The molecule has 0 bridgehead atoms. The molecule has 2 aromatic rings. The van der Waals surface area contributed by atoms with Crippen molar-refractivity contribution >= 4 is 5.88 Å². The first kappa shape index (κ1) is 8.74. The van der Waals surface area contributed by atoms with E-state index in [-0.39, 0.29) is 11.7 Å². The summed E-state index contributed by atoms with van der Waals surface area (Å²) >= 11 is 0. The van der Waals surface area contributed by atoms with Crippen LogP contribution >= 0.6 is 0 Å². The summed E-state index contributed by atoms with van der Waals surface area (Å²) in [7, 11) is 0. The molecule has 0 atom stereocenters. The molecule has 1 aromatic carbocycles. The molecule has 2 rings (SSSR count). The van der Waals surface area contributed by atoms with Crippen molar-refractivity contribution in [2.75, 3.05) is 5.73 Å². The molecule has 0 saturated heterocycles. The van der Waals surface area contributed by atoms with Crippen molar-refractivity contribution in [2.24, 2.45) is 0 Å². The Morgan fingerprint density at radius 2 is 2.14 bits per heavy atom. The normalized spacial score (nSPS) is 10.4. The Bertz CT molecular complexity index is 465. The van der Waals surface area contributed by atoms with Crippen LogP contribution in [0.5, 0.6) is 0 Å². The van der Waals surface area contributed by atoms with Crippen LogP contribution in [0.25, 0.3) is 11.3 Å². The molecule has 0 aliphatic heterocycles. The van der Waals surface area contributed by atoms with Gasteiger partial charge in [-0.05, 0) is 19.1 Å². The summed E-state index contributed by atoms with van der Waals surface area (Å²) in [6, 6.07) is 6.29. The standard InChI is InChI=1S/C10H9FN2O/c1-6-2-3-8(11)7(4-6)9-5-10(12)14-13-9/h2-5H,12H2,1H3. The molecule has 14 heavy (non-hydrogen) atoms. The van der Waals surface area contributed by atoms with Crippen LogP contribution in [0.1, 0.15) is 5.56 Å². The number of hydrogen-bond acceptors (Lipinski definition) is 3. The number of anilines is 1. The van der Waals surface area contributed by atoms with E-state index < -0.39 is 0 Å². The van der Waals surface area contributed by atoms with Gasteiger partial charge < -0.3 is 10.3 Å². The van der Waals surface area contributed by atoms with Gasteiger partial charge in [0.15, 0.2) is 0 Å². The largest absolute Gasteiger partial charge is 0.368 e. The van der Waals surface area contributed by atoms with E-state index in [0.29, 0.717) is 11.3 Å². The van der Waals surface area contributed by atoms with Crippen LogP contribution in [0.4, 0.5) is 10.3 Å². The second kappa shape index (κ2) is 3.14. The van der Waals surface area contributed by atoms with Gasteiger partial charge in [0.05, 0.1) is 0 Å². The molecule has 2 N–H and O–H groups in total. The minimum absolute atomic E-state index is 0.181. The molecule has 0 amide bonds. The van der Waals surface area contributed by atoms with Crippen molar-refractivity contribution < 1.29 is 8.91 Å². The van der Waals surface area contributed by atoms with E-state index in [2.05, 4.69) is 9.68 Å². The van der Waals surface area contributed by atoms with Crippen molar-refractivity contribution in [1.29, 1.82) is 0 Å². The van der Waals surface area contributed by atoms with Gasteiger partial charge in [0.2, 0.25) is 5.88 Å². The minimum atomic E-state index is -0.330. The van der Waals surface area contributed by atoms with E-state index in [1.807, 2.05) is 6.92 Å². The van der Waals surface area contributed by atoms with Gasteiger partial charge in [-0.25, -0.2) is 4.39 Å². The third-order valence-electron chi connectivity index (χ3n) is 1.93. The molecule has 0 aliphatic rings. The molecule has 1 aromatic heterocycles. The number of nitrogen functional groups attached to an aromatic ring is 1. The van der Waals surface area contributed by atoms with Crippen LogP contribution in [0, 0.1) is 12.7 Å². The van der Waals surface area contributed by atoms with E-state index in [0.717, 1.165) is 5.56 Å². The van der Waals surface area contributed by atoms with Crippen LogP contribution in [-0.4, -0.2) is 5.16 Å². The van der Waals surface area contributed by atoms with Gasteiger partial charge in [0.1, 0.15) is 11.5 Å². The van der Waals surface area contributed by atoms with Crippen molar-refractivity contribution in [3.63, 3.8) is 0 Å². The van der Waals surface area contributed by atoms with Crippen molar-refractivity contribution in [1.82, 2.24) is 5.16 Å². The number of aryl methyl sites for hydroxylation is 1. The Hall–Kier alpha value is -1.84. The Labute approximate surface area is 80.3 Å². The third kappa shape index (κ3) is 1.46. The summed E-state index contributed by atoms with van der Waals surface area (Å²) in [5.74, 6) is -0.148. The smallest absolute Gasteiger partial charge is 0.222 e. The summed E-state index contributed by atoms with van der Waals surface area (Å²) in [6.07, 6.45) is 0. The molecular weight excluding hydrogens is 183 g/mol. The Morgan fingerprint density at radius 1 is 1.36 bits per heavy atom. The first-order valence-electron chi connectivity index (χ1n) is 4.15. The summed E-state index contributed by atoms with van der Waals surface area (Å²) in [5, 5.41) is 3.65. The molecule has 1 heterocycles. The number of hydrogen-bond donors (Lipinski definition) is 1. The van der Waals surface area contributed by atoms with Crippen LogP contribution in [0.3, 0.4) is 0 Å². The maximum absolute atomic E-state index is 13.3. The maximum Gasteiger partial charge on any atom is 0.222 e. The Morgan fingerprint density at radius 3 is 2.79 bits per heavy atom. The Kier molecular flexibility index (Phi) is 1.96. The topological polar surface area (TPSA) is 52.0 Å². The van der Waals surface area contributed by atoms with Crippen LogP contribution in [-0.2, 0) is 0 Å². The average Bonchev–Trinajstić information content (AvgIpc) is 2.56. The van der Waals surface area contributed by atoms with Gasteiger partial charge in [-0.3, -0.25) is 0 Å². The van der Waals surface area contributed by atoms with Crippen LogP contribution in [0.2, 0.25) is 0 Å². The second-order valence-corrected chi connectivity index (χ2v) is 3.10. The second-order valence-electron chi connectivity index (χ2n) is 3.10. The third-order valence-corrected chi connectivity index (χ3v) is 1.93. The molecule has 0 aliphatic carbocycles. The number of benzene rings is 1. The highest BCUT2D eigenvalue weighted by Crippen LogP contribution is 2.24. The highest BCUT2D eigenvalue weighted by molar-refractivity contribution is 5.62. The zero-order valence-electron chi connectivity index (χ0n) is 7.62. The van der Waals surface area contributed by atoms with Crippen molar-refractivity contribution in [3.8, 4) is 11.3 Å². The minimum Gasteiger partial charge on any atom is -0.368 e. The average molecular weight is 192 g/mol. The molecule has 72 valence electrons. The van der Waals surface area contributed by atoms with Gasteiger partial charge in [-0.1, -0.05) is 16.8 Å². The molecule has 0 saturated carbocycles. The van der Waals surface area contributed by atoms with Gasteiger partial charge in [-0.15, -0.1) is 0 Å². The fourth-order valence-electron chi connectivity index (χ4n) is 1.25. The van der Waals surface area contributed by atoms with Gasteiger partial charge in [0, 0.05) is 11.6 Å². The highest BCUT2D eigenvalue weighted by Gasteiger charge is 2.09. The SMILES string of the molecule is Cc1ccc(F)c(-c2cc(N)on2)c1. The summed E-state index contributed by atoms with van der Waals surface area (Å²) in [5.41, 5.74) is 7.14. The fraction of sp³-hybridized carbons (Fsp3) is 0.100. The highest BCUT2D eigenvalue weighted by atomic mass is 19.1. The van der Waals surface area contributed by atoms with Crippen LogP contribution < -0.4 is 5.73 Å². The molecule has 0 radical (unpaired) electrons.